The molecule has 0 bridgehead atoms. The van der Waals surface area contributed by atoms with Crippen molar-refractivity contribution >= 4 is 5.91 Å². The third-order valence-corrected chi connectivity index (χ3v) is 7.38. The van der Waals surface area contributed by atoms with Gasteiger partial charge in [-0.3, -0.25) is 9.63 Å². The lowest BCUT2D eigenvalue weighted by Crippen LogP contribution is -2.99. The molecular weight excluding hydrogens is 282 g/mol. The summed E-state index contributed by atoms with van der Waals surface area (Å²) in [7, 11) is 0. The average Bonchev–Trinajstić information content (AvgIpc) is 2.90. The minimum atomic E-state index is -0.458. The summed E-state index contributed by atoms with van der Waals surface area (Å²) in [6, 6.07) is 1.88. The molecule has 22 heavy (non-hydrogen) atoms. The molecule has 0 aromatic rings. The van der Waals surface area contributed by atoms with Crippen molar-refractivity contribution in [1.29, 1.82) is 5.26 Å². The molecule has 1 amide bonds. The molecule has 4 saturated carbocycles. The summed E-state index contributed by atoms with van der Waals surface area (Å²) in [5.74, 6) is 1.19. The van der Waals surface area contributed by atoms with Crippen LogP contribution in [0.2, 0.25) is 0 Å². The Bertz CT molecular complexity index is 598. The van der Waals surface area contributed by atoms with Crippen molar-refractivity contribution < 1.29 is 14.7 Å². The number of hydrogen-bond donors (Lipinski definition) is 2. The molecule has 0 aromatic heterocycles. The summed E-state index contributed by atoms with van der Waals surface area (Å²) in [5, 5.41) is 19.6. The van der Waals surface area contributed by atoms with Gasteiger partial charge in [-0.15, -0.1) is 0 Å². The number of carbonyl (C=O) groups is 1. The summed E-state index contributed by atoms with van der Waals surface area (Å²) in [5.41, 5.74) is 2.65. The van der Waals surface area contributed by atoms with Crippen LogP contribution >= 0.6 is 0 Å². The molecule has 6 heteroatoms. The Labute approximate surface area is 129 Å². The van der Waals surface area contributed by atoms with Crippen LogP contribution in [0.4, 0.5) is 0 Å². The number of carbonyl (C=O) groups excluding carboxylic acids is 1. The normalized spacial score (nSPS) is 53.1. The smallest absolute Gasteiger partial charge is 0.251 e. The highest BCUT2D eigenvalue weighted by atomic mass is 16.7. The Morgan fingerprint density at radius 3 is 2.95 bits per heavy atom. The van der Waals surface area contributed by atoms with E-state index in [2.05, 4.69) is 11.5 Å². The quantitative estimate of drug-likeness (QED) is 0.731. The third-order valence-electron chi connectivity index (χ3n) is 7.38. The number of nitriles is 1. The number of amides is 1. The summed E-state index contributed by atoms with van der Waals surface area (Å²) < 4.78 is 0. The molecule has 118 valence electrons. The van der Waals surface area contributed by atoms with Crippen LogP contribution in [0, 0.1) is 28.6 Å². The maximum atomic E-state index is 12.2. The molecular formula is C16H21N3O3. The zero-order chi connectivity index (χ0) is 15.2. The van der Waals surface area contributed by atoms with Crippen molar-refractivity contribution in [1.82, 2.24) is 10.4 Å². The molecule has 6 nitrogen and oxygen atoms in total. The van der Waals surface area contributed by atoms with E-state index >= 15 is 0 Å². The van der Waals surface area contributed by atoms with Gasteiger partial charge in [0.1, 0.15) is 12.6 Å². The van der Waals surface area contributed by atoms with E-state index in [1.165, 1.54) is 6.42 Å². The lowest BCUT2D eigenvalue weighted by Gasteiger charge is -2.93. The highest BCUT2D eigenvalue weighted by Gasteiger charge is 2.94. The molecule has 1 aliphatic heterocycles. The van der Waals surface area contributed by atoms with Crippen LogP contribution in [0.5, 0.6) is 0 Å². The van der Waals surface area contributed by atoms with Crippen molar-refractivity contribution in [2.45, 2.75) is 55.7 Å². The van der Waals surface area contributed by atoms with Crippen LogP contribution < -0.4 is 5.48 Å². The summed E-state index contributed by atoms with van der Waals surface area (Å²) in [6.45, 7) is 0.628. The minimum Gasteiger partial charge on any atom is -0.389 e. The van der Waals surface area contributed by atoms with E-state index in [1.807, 2.05) is 0 Å². The number of nitrogens with zero attached hydrogens (tertiary/aromatic N) is 2. The second kappa shape index (κ2) is 3.84. The zero-order valence-electron chi connectivity index (χ0n) is 12.5. The van der Waals surface area contributed by atoms with Gasteiger partial charge in [-0.2, -0.15) is 10.7 Å². The molecule has 1 heterocycles. The number of likely N-dealkylation sites (tertiary alicyclic amines) is 1. The van der Waals surface area contributed by atoms with Gasteiger partial charge in [0.2, 0.25) is 0 Å². The number of rotatable bonds is 4. The van der Waals surface area contributed by atoms with Crippen LogP contribution in [-0.2, 0) is 9.63 Å². The summed E-state index contributed by atoms with van der Waals surface area (Å²) in [6.07, 6.45) is 5.67. The van der Waals surface area contributed by atoms with Gasteiger partial charge in [0, 0.05) is 12.0 Å². The van der Waals surface area contributed by atoms with Crippen molar-refractivity contribution in [3.05, 3.63) is 0 Å². The molecule has 6 atom stereocenters. The lowest BCUT2D eigenvalue weighted by atomic mass is 9.14. The fourth-order valence-corrected chi connectivity index (χ4v) is 6.78. The first kappa shape index (κ1) is 13.3. The van der Waals surface area contributed by atoms with E-state index in [9.17, 15) is 9.90 Å². The van der Waals surface area contributed by atoms with Gasteiger partial charge in [0.05, 0.1) is 17.2 Å². The Morgan fingerprint density at radius 2 is 2.27 bits per heavy atom. The largest absolute Gasteiger partial charge is 0.389 e. The highest BCUT2D eigenvalue weighted by molar-refractivity contribution is 5.78. The van der Waals surface area contributed by atoms with Gasteiger partial charge in [-0.05, 0) is 50.4 Å². The number of nitrogens with one attached hydrogen (secondary N) is 1. The van der Waals surface area contributed by atoms with E-state index in [-0.39, 0.29) is 29.5 Å². The van der Waals surface area contributed by atoms with E-state index in [0.29, 0.717) is 18.4 Å². The van der Waals surface area contributed by atoms with Crippen molar-refractivity contribution in [2.75, 3.05) is 13.2 Å². The van der Waals surface area contributed by atoms with Crippen LogP contribution in [0.15, 0.2) is 0 Å². The van der Waals surface area contributed by atoms with Crippen LogP contribution in [-0.4, -0.2) is 46.2 Å². The number of hydrogen-bond acceptors (Lipinski definition) is 5. The molecule has 4 aliphatic carbocycles. The lowest BCUT2D eigenvalue weighted by molar-refractivity contribution is -0.477. The molecule has 2 N–H and O–H groups in total. The van der Waals surface area contributed by atoms with E-state index < -0.39 is 5.60 Å². The third kappa shape index (κ3) is 1.16. The maximum Gasteiger partial charge on any atom is 0.251 e. The van der Waals surface area contributed by atoms with Gasteiger partial charge in [0.25, 0.3) is 5.91 Å². The fourth-order valence-electron chi connectivity index (χ4n) is 6.78. The maximum absolute atomic E-state index is 12.2. The standard InChI is InChI=1S/C16H21N3O3/c17-7-12-2-1-3-19(12)13(20)8-22-18-14-5-10-4-11-6-15(21,9-14)16(10,11)14/h10-12,18,21H,1-6,8-9H2. The van der Waals surface area contributed by atoms with Crippen molar-refractivity contribution in [3.63, 3.8) is 0 Å². The molecule has 0 radical (unpaired) electrons. The minimum absolute atomic E-state index is 0.0240. The Kier molecular flexibility index (Phi) is 2.32. The Hall–Kier alpha value is -1.16. The first-order valence-electron chi connectivity index (χ1n) is 8.37. The topological polar surface area (TPSA) is 85.6 Å². The van der Waals surface area contributed by atoms with Gasteiger partial charge < -0.3 is 10.0 Å². The van der Waals surface area contributed by atoms with Crippen LogP contribution in [0.25, 0.3) is 0 Å². The second-order valence-electron chi connectivity index (χ2n) is 7.96. The first-order chi connectivity index (χ1) is 10.6. The van der Waals surface area contributed by atoms with Crippen molar-refractivity contribution in [3.8, 4) is 6.07 Å². The molecule has 6 unspecified atom stereocenters. The van der Waals surface area contributed by atoms with Gasteiger partial charge in [-0.1, -0.05) is 0 Å². The first-order valence-corrected chi connectivity index (χ1v) is 8.37. The van der Waals surface area contributed by atoms with Crippen LogP contribution in [0.3, 0.4) is 0 Å². The number of aliphatic hydroxyl groups is 1. The van der Waals surface area contributed by atoms with Crippen molar-refractivity contribution in [2.24, 2.45) is 17.3 Å². The average molecular weight is 303 g/mol. The predicted molar refractivity (Wildman–Crippen MR) is 75.0 cm³/mol. The van der Waals surface area contributed by atoms with Gasteiger partial charge in [0.15, 0.2) is 0 Å². The number of hydroxylamine groups is 1. The van der Waals surface area contributed by atoms with Gasteiger partial charge >= 0.3 is 0 Å². The van der Waals surface area contributed by atoms with E-state index in [1.54, 1.807) is 4.90 Å². The Balaban J connectivity index is 1.18. The second-order valence-corrected chi connectivity index (χ2v) is 7.96. The highest BCUT2D eigenvalue weighted by Crippen LogP contribution is 2.90. The van der Waals surface area contributed by atoms with E-state index in [4.69, 9.17) is 10.1 Å². The molecule has 1 spiro atoms. The monoisotopic (exact) mass is 303 g/mol. The SMILES string of the molecule is N#CC1CCCN1C(=O)CONC12CC3CC4CC(O)(C1)C432. The predicted octanol–water partition coefficient (Wildman–Crippen LogP) is 0.326. The Morgan fingerprint density at radius 1 is 1.45 bits per heavy atom. The molecule has 5 rings (SSSR count). The fraction of sp³-hybridized carbons (Fsp3) is 0.875. The van der Waals surface area contributed by atoms with E-state index in [0.717, 1.165) is 32.1 Å². The molecule has 1 saturated heterocycles. The molecule has 5 fully saturated rings. The molecule has 0 aromatic carbocycles. The van der Waals surface area contributed by atoms with Gasteiger partial charge in [-0.25, -0.2) is 0 Å². The molecule has 5 aliphatic rings. The summed E-state index contributed by atoms with van der Waals surface area (Å²) in [4.78, 5) is 19.3. The van der Waals surface area contributed by atoms with Crippen LogP contribution in [0.1, 0.15) is 38.5 Å². The summed E-state index contributed by atoms with van der Waals surface area (Å²) >= 11 is 0. The zero-order valence-corrected chi connectivity index (χ0v) is 12.5.